The monoisotopic (exact) mass is 472 g/mol. The van der Waals surface area contributed by atoms with Gasteiger partial charge in [0, 0.05) is 41.9 Å². The molecule has 8 heteroatoms. The highest BCUT2D eigenvalue weighted by molar-refractivity contribution is 5.92. The van der Waals surface area contributed by atoms with E-state index in [1.165, 1.54) is 16.7 Å². The van der Waals surface area contributed by atoms with Crippen LogP contribution in [0.2, 0.25) is 0 Å². The highest BCUT2D eigenvalue weighted by atomic mass is 16.6. The molecule has 1 aromatic rings. The number of oxime groups is 1. The molecule has 0 amide bonds. The number of Topliss-reactive ketones (excluding diaryl/α,β-unsaturated/α-hetero) is 1. The van der Waals surface area contributed by atoms with Crippen LogP contribution in [0.4, 0.5) is 0 Å². The Hall–Kier alpha value is -3.00. The van der Waals surface area contributed by atoms with E-state index in [4.69, 9.17) is 20.8 Å². The summed E-state index contributed by atoms with van der Waals surface area (Å²) in [6.07, 6.45) is 6.62. The highest BCUT2D eigenvalue weighted by Gasteiger charge is 2.55. The molecule has 0 heterocycles. The number of carboxylic acids is 2. The predicted octanol–water partition coefficient (Wildman–Crippen LogP) is 3.67. The van der Waals surface area contributed by atoms with Gasteiger partial charge in [0.25, 0.3) is 0 Å². The van der Waals surface area contributed by atoms with Gasteiger partial charge < -0.3 is 20.8 Å². The maximum absolute atomic E-state index is 13.3. The van der Waals surface area contributed by atoms with Crippen molar-refractivity contribution in [2.45, 2.75) is 64.7 Å². The number of rotatable bonds is 7. The van der Waals surface area contributed by atoms with Crippen LogP contribution < -0.4 is 5.73 Å². The van der Waals surface area contributed by atoms with Crippen LogP contribution in [0.5, 0.6) is 0 Å². The van der Waals surface area contributed by atoms with Crippen LogP contribution in [0.3, 0.4) is 0 Å². The fourth-order valence-electron chi connectivity index (χ4n) is 5.38. The molecule has 0 aromatic heterocycles. The Kier molecular flexibility index (Phi) is 9.15. The molecule has 0 spiro atoms. The molecule has 186 valence electrons. The van der Waals surface area contributed by atoms with E-state index < -0.39 is 11.9 Å². The zero-order chi connectivity index (χ0) is 25.5. The smallest absolute Gasteiger partial charge is 0.328 e. The van der Waals surface area contributed by atoms with Gasteiger partial charge >= 0.3 is 11.9 Å². The molecule has 0 aliphatic heterocycles. The molecule has 2 aliphatic rings. The topological polar surface area (TPSA) is 139 Å². The van der Waals surface area contributed by atoms with Crippen molar-refractivity contribution in [2.75, 3.05) is 13.2 Å². The van der Waals surface area contributed by atoms with Gasteiger partial charge in [0.1, 0.15) is 12.4 Å². The van der Waals surface area contributed by atoms with Gasteiger partial charge in [0.2, 0.25) is 0 Å². The van der Waals surface area contributed by atoms with Crippen molar-refractivity contribution in [3.63, 3.8) is 0 Å². The molecule has 1 fully saturated rings. The molecule has 0 bridgehead atoms. The van der Waals surface area contributed by atoms with E-state index in [0.29, 0.717) is 43.4 Å². The van der Waals surface area contributed by atoms with E-state index in [2.05, 4.69) is 51.0 Å². The van der Waals surface area contributed by atoms with Gasteiger partial charge in [0.05, 0.1) is 6.21 Å². The van der Waals surface area contributed by atoms with E-state index in [1.54, 1.807) is 0 Å². The molecule has 4 N–H and O–H groups in total. The summed E-state index contributed by atoms with van der Waals surface area (Å²) in [5.74, 6) is -1.75. The number of carboxylic acid groups (broad SMARTS) is 2. The number of fused-ring (bicyclic) bond motifs is 3. The lowest BCUT2D eigenvalue weighted by atomic mass is 9.49. The first-order valence-electron chi connectivity index (χ1n) is 11.6. The normalized spacial score (nSPS) is 26.1. The number of carbonyl (C=O) groups excluding carboxylic acids is 1. The van der Waals surface area contributed by atoms with E-state index in [9.17, 15) is 14.4 Å². The Bertz CT molecular complexity index is 954. The first kappa shape index (κ1) is 27.2. The minimum Gasteiger partial charge on any atom is -0.478 e. The van der Waals surface area contributed by atoms with Gasteiger partial charge in [-0.25, -0.2) is 9.59 Å². The van der Waals surface area contributed by atoms with Gasteiger partial charge in [-0.15, -0.1) is 0 Å². The second-order valence-electron chi connectivity index (χ2n) is 9.79. The van der Waals surface area contributed by atoms with Gasteiger partial charge in [-0.1, -0.05) is 57.5 Å². The van der Waals surface area contributed by atoms with Crippen molar-refractivity contribution < 1.29 is 29.4 Å². The fraction of sp³-hybridized carbons (Fsp3) is 0.538. The Balaban J connectivity index is 0.000000440. The number of hydrogen-bond acceptors (Lipinski definition) is 6. The third kappa shape index (κ3) is 6.32. The molecule has 0 saturated heterocycles. The van der Waals surface area contributed by atoms with Crippen LogP contribution >= 0.6 is 0 Å². The quantitative estimate of drug-likeness (QED) is 0.238. The molecule has 0 unspecified atom stereocenters. The number of hydrogen-bond donors (Lipinski definition) is 3. The van der Waals surface area contributed by atoms with Crippen molar-refractivity contribution in [2.24, 2.45) is 22.2 Å². The average Bonchev–Trinajstić information content (AvgIpc) is 2.75. The Morgan fingerprint density at radius 3 is 2.41 bits per heavy atom. The number of ketones is 1. The summed E-state index contributed by atoms with van der Waals surface area (Å²) in [6, 6.07) is 6.77. The minimum absolute atomic E-state index is 0.0497. The number of nitrogens with two attached hydrogens (primary N) is 1. The average molecular weight is 473 g/mol. The van der Waals surface area contributed by atoms with Gasteiger partial charge in [-0.05, 0) is 35.4 Å². The zero-order valence-electron chi connectivity index (χ0n) is 20.4. The Morgan fingerprint density at radius 1 is 1.21 bits per heavy atom. The SMILES string of the molecule is CC(C)c1ccc2c(c1)CC(=O)[C@H]1[C@](C)(/C=N/OCCN)CCC[C@]21C.O=C(O)/C=C/C(=O)O. The van der Waals surface area contributed by atoms with Crippen LogP contribution in [0.15, 0.2) is 35.5 Å². The van der Waals surface area contributed by atoms with Crippen molar-refractivity contribution in [3.05, 3.63) is 47.0 Å². The van der Waals surface area contributed by atoms with Crippen molar-refractivity contribution in [3.8, 4) is 0 Å². The van der Waals surface area contributed by atoms with Crippen LogP contribution in [0.1, 0.15) is 69.6 Å². The largest absolute Gasteiger partial charge is 0.478 e. The van der Waals surface area contributed by atoms with Crippen molar-refractivity contribution in [1.29, 1.82) is 0 Å². The third-order valence-electron chi connectivity index (χ3n) is 6.81. The van der Waals surface area contributed by atoms with Crippen LogP contribution in [-0.4, -0.2) is 47.3 Å². The molecular formula is C26H36N2O6. The number of nitrogens with zero attached hydrogens (tertiary/aromatic N) is 1. The molecule has 1 aromatic carbocycles. The fourth-order valence-corrected chi connectivity index (χ4v) is 5.38. The summed E-state index contributed by atoms with van der Waals surface area (Å²) < 4.78 is 0. The third-order valence-corrected chi connectivity index (χ3v) is 6.81. The maximum atomic E-state index is 13.3. The molecule has 34 heavy (non-hydrogen) atoms. The highest BCUT2D eigenvalue weighted by Crippen LogP contribution is 2.55. The Labute approximate surface area is 200 Å². The summed E-state index contributed by atoms with van der Waals surface area (Å²) >= 11 is 0. The first-order chi connectivity index (χ1) is 15.9. The molecule has 8 nitrogen and oxygen atoms in total. The maximum Gasteiger partial charge on any atom is 0.328 e. The number of carbonyl (C=O) groups is 3. The van der Waals surface area contributed by atoms with Crippen LogP contribution in [0, 0.1) is 11.3 Å². The molecule has 0 radical (unpaired) electrons. The summed E-state index contributed by atoms with van der Waals surface area (Å²) in [6.45, 7) is 9.69. The zero-order valence-corrected chi connectivity index (χ0v) is 20.4. The lowest BCUT2D eigenvalue weighted by Crippen LogP contribution is -2.54. The minimum atomic E-state index is -1.26. The summed E-state index contributed by atoms with van der Waals surface area (Å²) in [7, 11) is 0. The lowest BCUT2D eigenvalue weighted by molar-refractivity contribution is -0.134. The molecule has 3 atom stereocenters. The first-order valence-corrected chi connectivity index (χ1v) is 11.6. The molecule has 3 rings (SSSR count). The number of benzene rings is 1. The van der Waals surface area contributed by atoms with E-state index >= 15 is 0 Å². The van der Waals surface area contributed by atoms with Crippen LogP contribution in [-0.2, 0) is 31.1 Å². The van der Waals surface area contributed by atoms with Crippen molar-refractivity contribution in [1.82, 2.24) is 0 Å². The standard InChI is InChI=1S/C22H32N2O2.C4H4O4/c1-15(2)16-6-7-18-17(12-16)13-19(25)20-21(3,14-24-26-11-10-23)8-5-9-22(18,20)4;5-3(6)1-2-4(7)8/h6-7,12,14-15,20H,5,8-11,13,23H2,1-4H3;1-2H,(H,5,6)(H,7,8)/b24-14+;2-1+/t20-,21-,22+;/m0./s1. The van der Waals surface area contributed by atoms with Gasteiger partial charge in [-0.3, -0.25) is 4.79 Å². The van der Waals surface area contributed by atoms with Crippen LogP contribution in [0.25, 0.3) is 0 Å². The van der Waals surface area contributed by atoms with E-state index in [0.717, 1.165) is 19.3 Å². The molecular weight excluding hydrogens is 436 g/mol. The summed E-state index contributed by atoms with van der Waals surface area (Å²) in [5.41, 5.74) is 8.95. The van der Waals surface area contributed by atoms with Gasteiger partial charge in [0.15, 0.2) is 0 Å². The Morgan fingerprint density at radius 2 is 1.85 bits per heavy atom. The second-order valence-corrected chi connectivity index (χ2v) is 9.79. The molecule has 1 saturated carbocycles. The van der Waals surface area contributed by atoms with Crippen molar-refractivity contribution >= 4 is 23.9 Å². The second kappa shape index (κ2) is 11.4. The van der Waals surface area contributed by atoms with E-state index in [-0.39, 0.29) is 16.7 Å². The van der Waals surface area contributed by atoms with Gasteiger partial charge in [-0.2, -0.15) is 0 Å². The summed E-state index contributed by atoms with van der Waals surface area (Å²) in [4.78, 5) is 37.6. The molecule has 2 aliphatic carbocycles. The lowest BCUT2D eigenvalue weighted by Gasteiger charge is -2.52. The number of aliphatic carboxylic acids is 2. The predicted molar refractivity (Wildman–Crippen MR) is 130 cm³/mol. The van der Waals surface area contributed by atoms with E-state index in [1.807, 2.05) is 6.21 Å². The summed E-state index contributed by atoms with van der Waals surface area (Å²) in [5, 5.41) is 19.8.